The van der Waals surface area contributed by atoms with E-state index in [1.54, 1.807) is 0 Å². The van der Waals surface area contributed by atoms with Crippen molar-refractivity contribution in [1.82, 2.24) is 10.2 Å². The number of carbonyl (C=O) groups is 1. The second-order valence-electron chi connectivity index (χ2n) is 6.63. The van der Waals surface area contributed by atoms with Crippen molar-refractivity contribution in [2.45, 2.75) is 19.3 Å². The van der Waals surface area contributed by atoms with Crippen molar-refractivity contribution < 1.29 is 4.79 Å². The molecule has 20 heavy (non-hydrogen) atoms. The van der Waals surface area contributed by atoms with E-state index in [0.29, 0.717) is 17.7 Å². The Bertz CT molecular complexity index is 515. The van der Waals surface area contributed by atoms with Crippen LogP contribution in [-0.4, -0.2) is 37.0 Å². The molecule has 1 aliphatic carbocycles. The molecule has 106 valence electrons. The summed E-state index contributed by atoms with van der Waals surface area (Å²) in [7, 11) is 0. The molecule has 2 saturated heterocycles. The number of fused-ring (bicyclic) bond motifs is 2. The Morgan fingerprint density at radius 1 is 1.10 bits per heavy atom. The molecule has 3 nitrogen and oxygen atoms in total. The highest BCUT2D eigenvalue weighted by molar-refractivity contribution is 5.80. The van der Waals surface area contributed by atoms with Gasteiger partial charge < -0.3 is 10.2 Å². The van der Waals surface area contributed by atoms with Gasteiger partial charge in [-0.1, -0.05) is 24.3 Å². The van der Waals surface area contributed by atoms with Crippen molar-refractivity contribution in [3.8, 4) is 0 Å². The first-order valence-electron chi connectivity index (χ1n) is 7.87. The summed E-state index contributed by atoms with van der Waals surface area (Å²) in [4.78, 5) is 14.9. The Balaban J connectivity index is 1.45. The minimum absolute atomic E-state index is 0.219. The molecule has 4 rings (SSSR count). The molecular formula is C17H22N2O. The molecular weight excluding hydrogens is 248 g/mol. The third kappa shape index (κ3) is 2.05. The van der Waals surface area contributed by atoms with Crippen molar-refractivity contribution in [2.24, 2.45) is 17.8 Å². The van der Waals surface area contributed by atoms with Crippen LogP contribution in [0.1, 0.15) is 17.5 Å². The first-order valence-corrected chi connectivity index (χ1v) is 7.87. The average molecular weight is 270 g/mol. The molecule has 0 spiro atoms. The molecule has 2 fully saturated rings. The zero-order valence-corrected chi connectivity index (χ0v) is 11.8. The fourth-order valence-corrected chi connectivity index (χ4v) is 4.20. The lowest BCUT2D eigenvalue weighted by Crippen LogP contribution is -2.38. The number of rotatable bonds is 1. The summed E-state index contributed by atoms with van der Waals surface area (Å²) in [5.74, 6) is 2.04. The Labute approximate surface area is 120 Å². The number of hydrogen-bond donors (Lipinski definition) is 1. The van der Waals surface area contributed by atoms with E-state index < -0.39 is 0 Å². The third-order valence-corrected chi connectivity index (χ3v) is 5.40. The van der Waals surface area contributed by atoms with Gasteiger partial charge in [-0.3, -0.25) is 4.79 Å². The lowest BCUT2D eigenvalue weighted by atomic mass is 9.83. The van der Waals surface area contributed by atoms with Gasteiger partial charge in [0.05, 0.1) is 0 Å². The summed E-state index contributed by atoms with van der Waals surface area (Å²) < 4.78 is 0. The van der Waals surface area contributed by atoms with Gasteiger partial charge in [-0.15, -0.1) is 0 Å². The first-order chi connectivity index (χ1) is 9.81. The highest BCUT2D eigenvalue weighted by atomic mass is 16.2. The highest BCUT2D eigenvalue weighted by Gasteiger charge is 2.40. The van der Waals surface area contributed by atoms with Crippen LogP contribution in [0.2, 0.25) is 0 Å². The van der Waals surface area contributed by atoms with Crippen LogP contribution in [0.5, 0.6) is 0 Å². The minimum atomic E-state index is 0.219. The predicted molar refractivity (Wildman–Crippen MR) is 78.4 cm³/mol. The topological polar surface area (TPSA) is 32.3 Å². The van der Waals surface area contributed by atoms with Crippen molar-refractivity contribution in [3.63, 3.8) is 0 Å². The van der Waals surface area contributed by atoms with Crippen molar-refractivity contribution in [3.05, 3.63) is 35.4 Å². The molecule has 2 heterocycles. The van der Waals surface area contributed by atoms with E-state index in [1.807, 2.05) is 0 Å². The molecule has 3 unspecified atom stereocenters. The Morgan fingerprint density at radius 2 is 1.80 bits per heavy atom. The first kappa shape index (κ1) is 12.4. The maximum Gasteiger partial charge on any atom is 0.226 e. The molecule has 1 amide bonds. The number of aryl methyl sites for hydroxylation is 1. The Hall–Kier alpha value is -1.35. The molecule has 0 aromatic heterocycles. The molecule has 0 saturated carbocycles. The molecule has 1 aromatic rings. The highest BCUT2D eigenvalue weighted by Crippen LogP contribution is 2.31. The molecule has 3 heteroatoms. The summed E-state index contributed by atoms with van der Waals surface area (Å²) in [6, 6.07) is 8.60. The van der Waals surface area contributed by atoms with Crippen LogP contribution in [0.25, 0.3) is 0 Å². The van der Waals surface area contributed by atoms with Gasteiger partial charge in [-0.05, 0) is 42.2 Å². The molecule has 1 N–H and O–H groups in total. The summed E-state index contributed by atoms with van der Waals surface area (Å²) in [6.45, 7) is 4.16. The fraction of sp³-hybridized carbons (Fsp3) is 0.588. The van der Waals surface area contributed by atoms with E-state index in [1.165, 1.54) is 11.1 Å². The van der Waals surface area contributed by atoms with Gasteiger partial charge >= 0.3 is 0 Å². The largest absolute Gasteiger partial charge is 0.342 e. The Morgan fingerprint density at radius 3 is 2.55 bits per heavy atom. The van der Waals surface area contributed by atoms with Crippen LogP contribution in [-0.2, 0) is 17.6 Å². The number of likely N-dealkylation sites (tertiary alicyclic amines) is 1. The van der Waals surface area contributed by atoms with Crippen LogP contribution >= 0.6 is 0 Å². The smallest absolute Gasteiger partial charge is 0.226 e. The number of amides is 1. The van der Waals surface area contributed by atoms with E-state index in [2.05, 4.69) is 34.5 Å². The van der Waals surface area contributed by atoms with E-state index >= 15 is 0 Å². The maximum atomic E-state index is 12.7. The second kappa shape index (κ2) is 4.88. The van der Waals surface area contributed by atoms with Crippen LogP contribution in [0.15, 0.2) is 24.3 Å². The van der Waals surface area contributed by atoms with Crippen LogP contribution in [0, 0.1) is 17.8 Å². The van der Waals surface area contributed by atoms with Gasteiger partial charge in [0, 0.05) is 32.1 Å². The summed E-state index contributed by atoms with van der Waals surface area (Å²) in [6.07, 6.45) is 3.04. The zero-order valence-electron chi connectivity index (χ0n) is 11.8. The molecule has 1 aromatic carbocycles. The van der Waals surface area contributed by atoms with Crippen LogP contribution < -0.4 is 5.32 Å². The SMILES string of the molecule is O=C(C1CCc2ccccc2C1)N1CC2CNCC2C1. The van der Waals surface area contributed by atoms with Crippen molar-refractivity contribution in [1.29, 1.82) is 0 Å². The number of benzene rings is 1. The van der Waals surface area contributed by atoms with Gasteiger partial charge in [0.15, 0.2) is 0 Å². The summed E-state index contributed by atoms with van der Waals surface area (Å²) in [5.41, 5.74) is 2.83. The lowest BCUT2D eigenvalue weighted by molar-refractivity contribution is -0.135. The number of nitrogens with one attached hydrogen (secondary N) is 1. The normalized spacial score (nSPS) is 32.0. The predicted octanol–water partition coefficient (Wildman–Crippen LogP) is 1.47. The molecule has 3 aliphatic rings. The van der Waals surface area contributed by atoms with E-state index in [-0.39, 0.29) is 5.92 Å². The van der Waals surface area contributed by atoms with Crippen molar-refractivity contribution >= 4 is 5.91 Å². The second-order valence-corrected chi connectivity index (χ2v) is 6.63. The average Bonchev–Trinajstić information content (AvgIpc) is 3.07. The molecule has 3 atom stereocenters. The third-order valence-electron chi connectivity index (χ3n) is 5.40. The number of carbonyl (C=O) groups excluding carboxylic acids is 1. The van der Waals surface area contributed by atoms with Gasteiger partial charge in [0.1, 0.15) is 0 Å². The van der Waals surface area contributed by atoms with Gasteiger partial charge in [0.2, 0.25) is 5.91 Å². The monoisotopic (exact) mass is 270 g/mol. The molecule has 2 aliphatic heterocycles. The molecule has 0 bridgehead atoms. The number of nitrogens with zero attached hydrogens (tertiary/aromatic N) is 1. The molecule has 0 radical (unpaired) electrons. The van der Waals surface area contributed by atoms with Gasteiger partial charge in [-0.25, -0.2) is 0 Å². The quantitative estimate of drug-likeness (QED) is 0.838. The fourth-order valence-electron chi connectivity index (χ4n) is 4.20. The van der Waals surface area contributed by atoms with E-state index in [4.69, 9.17) is 0 Å². The van der Waals surface area contributed by atoms with Crippen LogP contribution in [0.3, 0.4) is 0 Å². The zero-order chi connectivity index (χ0) is 13.5. The lowest BCUT2D eigenvalue weighted by Gasteiger charge is -2.28. The number of hydrogen-bond acceptors (Lipinski definition) is 2. The van der Waals surface area contributed by atoms with Crippen LogP contribution in [0.4, 0.5) is 0 Å². The van der Waals surface area contributed by atoms with Gasteiger partial charge in [0.25, 0.3) is 0 Å². The minimum Gasteiger partial charge on any atom is -0.342 e. The summed E-state index contributed by atoms with van der Waals surface area (Å²) in [5, 5.41) is 3.44. The van der Waals surface area contributed by atoms with Gasteiger partial charge in [-0.2, -0.15) is 0 Å². The van der Waals surface area contributed by atoms with E-state index in [9.17, 15) is 4.79 Å². The van der Waals surface area contributed by atoms with E-state index in [0.717, 1.165) is 45.4 Å². The van der Waals surface area contributed by atoms with Crippen molar-refractivity contribution in [2.75, 3.05) is 26.2 Å². The standard InChI is InChI=1S/C17H22N2O/c20-17(19-10-15-8-18-9-16(15)11-19)14-6-5-12-3-1-2-4-13(12)7-14/h1-4,14-16,18H,5-11H2. The maximum absolute atomic E-state index is 12.7. The Kier molecular flexibility index (Phi) is 3.03. The summed E-state index contributed by atoms with van der Waals surface area (Å²) >= 11 is 0.